The van der Waals surface area contributed by atoms with E-state index in [0.29, 0.717) is 0 Å². The van der Waals surface area contributed by atoms with Gasteiger partial charge in [0.25, 0.3) is 0 Å². The summed E-state index contributed by atoms with van der Waals surface area (Å²) in [5.41, 5.74) is 2.90. The molecule has 0 aliphatic heterocycles. The van der Waals surface area contributed by atoms with Crippen molar-refractivity contribution in [2.75, 3.05) is 13.6 Å². The van der Waals surface area contributed by atoms with E-state index >= 15 is 0 Å². The monoisotopic (exact) mass is 205 g/mol. The highest BCUT2D eigenvalue weighted by molar-refractivity contribution is 5.22. The maximum Gasteiger partial charge on any atom is -0.00260 e. The molecule has 0 spiro atoms. The van der Waals surface area contributed by atoms with Crippen molar-refractivity contribution in [1.82, 2.24) is 5.32 Å². The van der Waals surface area contributed by atoms with Gasteiger partial charge in [0.1, 0.15) is 0 Å². The smallest absolute Gasteiger partial charge is 0.00260 e. The molecule has 0 bridgehead atoms. The van der Waals surface area contributed by atoms with Gasteiger partial charge in [-0.25, -0.2) is 0 Å². The van der Waals surface area contributed by atoms with Crippen LogP contribution in [-0.4, -0.2) is 13.6 Å². The van der Waals surface area contributed by atoms with E-state index in [0.717, 1.165) is 18.9 Å². The molecule has 84 valence electrons. The average molecular weight is 205 g/mol. The summed E-state index contributed by atoms with van der Waals surface area (Å²) in [6, 6.07) is 9.03. The van der Waals surface area contributed by atoms with Crippen LogP contribution in [0.2, 0.25) is 0 Å². The summed E-state index contributed by atoms with van der Waals surface area (Å²) in [6.45, 7) is 5.62. The summed E-state index contributed by atoms with van der Waals surface area (Å²) in [7, 11) is 2.02. The molecule has 0 fully saturated rings. The highest BCUT2D eigenvalue weighted by Crippen LogP contribution is 2.10. The minimum Gasteiger partial charge on any atom is -0.319 e. The Morgan fingerprint density at radius 2 is 1.73 bits per heavy atom. The molecule has 0 aliphatic rings. The highest BCUT2D eigenvalue weighted by Gasteiger charge is 2.01. The van der Waals surface area contributed by atoms with Crippen molar-refractivity contribution < 1.29 is 0 Å². The average Bonchev–Trinajstić information content (AvgIpc) is 2.27. The van der Waals surface area contributed by atoms with Crippen LogP contribution in [0.25, 0.3) is 0 Å². The Kier molecular flexibility index (Phi) is 5.41. The molecule has 1 nitrogen and oxygen atoms in total. The number of nitrogens with one attached hydrogen (secondary N) is 1. The molecule has 0 aliphatic carbocycles. The van der Waals surface area contributed by atoms with Crippen LogP contribution in [0, 0.1) is 5.92 Å². The van der Waals surface area contributed by atoms with Crippen molar-refractivity contribution in [3.05, 3.63) is 35.4 Å². The Morgan fingerprint density at radius 3 is 2.27 bits per heavy atom. The quantitative estimate of drug-likeness (QED) is 0.752. The van der Waals surface area contributed by atoms with E-state index in [9.17, 15) is 0 Å². The van der Waals surface area contributed by atoms with E-state index < -0.39 is 0 Å². The van der Waals surface area contributed by atoms with Gasteiger partial charge in [-0.1, -0.05) is 38.1 Å². The van der Waals surface area contributed by atoms with E-state index in [1.165, 1.54) is 24.0 Å². The van der Waals surface area contributed by atoms with Crippen LogP contribution in [0.15, 0.2) is 24.3 Å². The lowest BCUT2D eigenvalue weighted by Crippen LogP contribution is -2.16. The van der Waals surface area contributed by atoms with Crippen molar-refractivity contribution >= 4 is 0 Å². The Morgan fingerprint density at radius 1 is 1.13 bits per heavy atom. The van der Waals surface area contributed by atoms with Crippen molar-refractivity contribution in [2.24, 2.45) is 5.92 Å². The summed E-state index contributed by atoms with van der Waals surface area (Å²) >= 11 is 0. The number of hydrogen-bond acceptors (Lipinski definition) is 1. The maximum absolute atomic E-state index is 3.22. The molecule has 0 heterocycles. The second-order valence-electron chi connectivity index (χ2n) is 4.37. The summed E-state index contributed by atoms with van der Waals surface area (Å²) in [5.74, 6) is 0.765. The van der Waals surface area contributed by atoms with Gasteiger partial charge in [0, 0.05) is 0 Å². The topological polar surface area (TPSA) is 12.0 Å². The Hall–Kier alpha value is -0.820. The SMILES string of the molecule is CCc1ccc(CCC(C)CNC)cc1. The molecule has 0 radical (unpaired) electrons. The lowest BCUT2D eigenvalue weighted by molar-refractivity contribution is 0.505. The number of rotatable bonds is 6. The molecule has 0 amide bonds. The van der Waals surface area contributed by atoms with Gasteiger partial charge in [0.15, 0.2) is 0 Å². The van der Waals surface area contributed by atoms with Gasteiger partial charge in [0.2, 0.25) is 0 Å². The van der Waals surface area contributed by atoms with Crippen LogP contribution in [0.1, 0.15) is 31.4 Å². The second kappa shape index (κ2) is 6.62. The Balaban J connectivity index is 2.37. The highest BCUT2D eigenvalue weighted by atomic mass is 14.8. The molecule has 0 saturated carbocycles. The molecule has 1 aromatic carbocycles. The van der Waals surface area contributed by atoms with E-state index in [2.05, 4.69) is 43.4 Å². The standard InChI is InChI=1S/C14H23N/c1-4-13-7-9-14(10-8-13)6-5-12(2)11-15-3/h7-10,12,15H,4-6,11H2,1-3H3. The molecule has 1 unspecified atom stereocenters. The zero-order valence-electron chi connectivity index (χ0n) is 10.2. The molecular formula is C14H23N. The van der Waals surface area contributed by atoms with E-state index in [-0.39, 0.29) is 0 Å². The minimum atomic E-state index is 0.765. The van der Waals surface area contributed by atoms with Crippen LogP contribution in [0.5, 0.6) is 0 Å². The van der Waals surface area contributed by atoms with Gasteiger partial charge in [0.05, 0.1) is 0 Å². The molecule has 1 rings (SSSR count). The predicted molar refractivity (Wildman–Crippen MR) is 67.2 cm³/mol. The fourth-order valence-corrected chi connectivity index (χ4v) is 1.81. The Bertz CT molecular complexity index is 263. The van der Waals surface area contributed by atoms with Gasteiger partial charge in [-0.05, 0) is 49.9 Å². The van der Waals surface area contributed by atoms with Gasteiger partial charge in [-0.2, -0.15) is 0 Å². The van der Waals surface area contributed by atoms with E-state index in [4.69, 9.17) is 0 Å². The Labute approximate surface area is 93.9 Å². The van der Waals surface area contributed by atoms with Crippen LogP contribution < -0.4 is 5.32 Å². The number of hydrogen-bond donors (Lipinski definition) is 1. The first kappa shape index (κ1) is 12.3. The minimum absolute atomic E-state index is 0.765. The third-order valence-electron chi connectivity index (χ3n) is 2.91. The van der Waals surface area contributed by atoms with E-state index in [1.54, 1.807) is 0 Å². The molecular weight excluding hydrogens is 182 g/mol. The van der Waals surface area contributed by atoms with E-state index in [1.807, 2.05) is 7.05 Å². The first-order valence-corrected chi connectivity index (χ1v) is 5.98. The molecule has 1 heteroatoms. The molecule has 0 saturated heterocycles. The lowest BCUT2D eigenvalue weighted by Gasteiger charge is -2.10. The summed E-state index contributed by atoms with van der Waals surface area (Å²) in [4.78, 5) is 0. The van der Waals surface area contributed by atoms with Crippen molar-refractivity contribution in [1.29, 1.82) is 0 Å². The van der Waals surface area contributed by atoms with Crippen LogP contribution in [0.4, 0.5) is 0 Å². The van der Waals surface area contributed by atoms with Gasteiger partial charge >= 0.3 is 0 Å². The van der Waals surface area contributed by atoms with Crippen molar-refractivity contribution in [3.8, 4) is 0 Å². The molecule has 0 aromatic heterocycles. The third kappa shape index (κ3) is 4.48. The lowest BCUT2D eigenvalue weighted by atomic mass is 10.00. The zero-order chi connectivity index (χ0) is 11.1. The van der Waals surface area contributed by atoms with Gasteiger partial charge in [-0.15, -0.1) is 0 Å². The van der Waals surface area contributed by atoms with Crippen LogP contribution >= 0.6 is 0 Å². The molecule has 1 N–H and O–H groups in total. The number of aryl methyl sites for hydroxylation is 2. The van der Waals surface area contributed by atoms with Crippen LogP contribution in [-0.2, 0) is 12.8 Å². The normalized spacial score (nSPS) is 12.7. The van der Waals surface area contributed by atoms with Crippen LogP contribution in [0.3, 0.4) is 0 Å². The maximum atomic E-state index is 3.22. The third-order valence-corrected chi connectivity index (χ3v) is 2.91. The zero-order valence-corrected chi connectivity index (χ0v) is 10.2. The molecule has 1 atom stereocenters. The van der Waals surface area contributed by atoms with Gasteiger partial charge in [-0.3, -0.25) is 0 Å². The second-order valence-corrected chi connectivity index (χ2v) is 4.37. The molecule has 1 aromatic rings. The fraction of sp³-hybridized carbons (Fsp3) is 0.571. The van der Waals surface area contributed by atoms with Crippen molar-refractivity contribution in [3.63, 3.8) is 0 Å². The first-order chi connectivity index (χ1) is 7.26. The fourth-order valence-electron chi connectivity index (χ4n) is 1.81. The number of benzene rings is 1. The summed E-state index contributed by atoms with van der Waals surface area (Å²) in [5, 5.41) is 3.22. The molecule has 15 heavy (non-hydrogen) atoms. The predicted octanol–water partition coefficient (Wildman–Crippen LogP) is 3.04. The largest absolute Gasteiger partial charge is 0.319 e. The summed E-state index contributed by atoms with van der Waals surface area (Å²) in [6.07, 6.45) is 3.61. The summed E-state index contributed by atoms with van der Waals surface area (Å²) < 4.78 is 0. The van der Waals surface area contributed by atoms with Crippen molar-refractivity contribution in [2.45, 2.75) is 33.1 Å². The van der Waals surface area contributed by atoms with Gasteiger partial charge < -0.3 is 5.32 Å². The first-order valence-electron chi connectivity index (χ1n) is 5.98.